The quantitative estimate of drug-likeness (QED) is 0.740. The summed E-state index contributed by atoms with van der Waals surface area (Å²) in [4.78, 5) is 2.08. The van der Waals surface area contributed by atoms with Crippen LogP contribution in [0.3, 0.4) is 0 Å². The van der Waals surface area contributed by atoms with Crippen molar-refractivity contribution >= 4 is 21.6 Å². The Labute approximate surface area is 121 Å². The number of nitrogens with zero attached hydrogens (tertiary/aromatic N) is 1. The highest BCUT2D eigenvalue weighted by molar-refractivity contribution is 8.01. The lowest BCUT2D eigenvalue weighted by Gasteiger charge is -2.48. The van der Waals surface area contributed by atoms with Crippen LogP contribution in [0.4, 0.5) is 0 Å². The molecule has 0 aromatic heterocycles. The van der Waals surface area contributed by atoms with Crippen molar-refractivity contribution in [2.75, 3.05) is 44.1 Å². The minimum Gasteiger partial charge on any atom is -0.383 e. The van der Waals surface area contributed by atoms with Gasteiger partial charge in [0.25, 0.3) is 0 Å². The van der Waals surface area contributed by atoms with Crippen LogP contribution < -0.4 is 5.73 Å². The van der Waals surface area contributed by atoms with Crippen molar-refractivity contribution in [2.24, 2.45) is 5.73 Å². The lowest BCUT2D eigenvalue weighted by Crippen LogP contribution is -2.64. The molecule has 0 spiro atoms. The van der Waals surface area contributed by atoms with Gasteiger partial charge in [0.1, 0.15) is 5.37 Å². The summed E-state index contributed by atoms with van der Waals surface area (Å²) < 4.78 is 29.9. The van der Waals surface area contributed by atoms with Gasteiger partial charge in [-0.3, -0.25) is 4.90 Å². The molecule has 2 N–H and O–H groups in total. The van der Waals surface area contributed by atoms with Crippen molar-refractivity contribution in [1.82, 2.24) is 4.90 Å². The summed E-state index contributed by atoms with van der Waals surface area (Å²) in [6.07, 6.45) is 0.789. The molecular weight excluding hydrogens is 284 g/mol. The Bertz CT molecular complexity index is 369. The molecule has 2 atom stereocenters. The number of hydrogen-bond acceptors (Lipinski definition) is 6. The number of thioether (sulfide) groups is 1. The summed E-state index contributed by atoms with van der Waals surface area (Å²) in [7, 11) is -1.46. The molecule has 7 heteroatoms. The summed E-state index contributed by atoms with van der Waals surface area (Å²) in [5.74, 6) is 1.74. The molecule has 1 aliphatic heterocycles. The van der Waals surface area contributed by atoms with Gasteiger partial charge in [-0.2, -0.15) is 11.8 Å². The number of sulfone groups is 1. The van der Waals surface area contributed by atoms with Crippen LogP contribution in [0, 0.1) is 0 Å². The second-order valence-corrected chi connectivity index (χ2v) is 8.49. The molecular formula is C12H26N2O3S2. The lowest BCUT2D eigenvalue weighted by molar-refractivity contribution is 0.00892. The average molecular weight is 310 g/mol. The number of ether oxygens (including phenoxy) is 1. The molecule has 0 aliphatic carbocycles. The van der Waals surface area contributed by atoms with E-state index in [2.05, 4.69) is 4.90 Å². The van der Waals surface area contributed by atoms with Crippen LogP contribution in [0.25, 0.3) is 0 Å². The van der Waals surface area contributed by atoms with Crippen LogP contribution in [-0.4, -0.2) is 68.3 Å². The maximum Gasteiger partial charge on any atom is 0.166 e. The molecule has 0 radical (unpaired) electrons. The first-order valence-electron chi connectivity index (χ1n) is 6.72. The smallest absolute Gasteiger partial charge is 0.166 e. The third-order valence-corrected chi connectivity index (χ3v) is 7.25. The monoisotopic (exact) mass is 310 g/mol. The van der Waals surface area contributed by atoms with Crippen LogP contribution in [0.15, 0.2) is 0 Å². The van der Waals surface area contributed by atoms with E-state index in [1.807, 2.05) is 6.92 Å². The lowest BCUT2D eigenvalue weighted by atomic mass is 9.94. The van der Waals surface area contributed by atoms with Crippen LogP contribution in [0.1, 0.15) is 20.3 Å². The zero-order valence-corrected chi connectivity index (χ0v) is 13.7. The van der Waals surface area contributed by atoms with Crippen molar-refractivity contribution < 1.29 is 13.2 Å². The van der Waals surface area contributed by atoms with Crippen LogP contribution in [0.5, 0.6) is 0 Å². The molecule has 1 heterocycles. The first-order chi connectivity index (χ1) is 8.97. The molecule has 19 heavy (non-hydrogen) atoms. The molecule has 0 amide bonds. The highest BCUT2D eigenvalue weighted by Gasteiger charge is 2.44. The second-order valence-electron chi connectivity index (χ2n) is 4.89. The van der Waals surface area contributed by atoms with Crippen molar-refractivity contribution in [2.45, 2.75) is 31.2 Å². The van der Waals surface area contributed by atoms with Crippen molar-refractivity contribution in [3.63, 3.8) is 0 Å². The SMILES string of the molecule is CCC(CN)(COC)N1CCSCC1S(=O)(=O)CC. The maximum absolute atomic E-state index is 12.3. The largest absolute Gasteiger partial charge is 0.383 e. The van der Waals surface area contributed by atoms with Gasteiger partial charge in [0, 0.05) is 37.5 Å². The highest BCUT2D eigenvalue weighted by atomic mass is 32.2. The summed E-state index contributed by atoms with van der Waals surface area (Å²) in [6.45, 7) is 5.39. The van der Waals surface area contributed by atoms with Crippen LogP contribution >= 0.6 is 11.8 Å². The van der Waals surface area contributed by atoms with Crippen molar-refractivity contribution in [3.05, 3.63) is 0 Å². The van der Waals surface area contributed by atoms with E-state index in [4.69, 9.17) is 10.5 Å². The Morgan fingerprint density at radius 3 is 2.63 bits per heavy atom. The zero-order chi connectivity index (χ0) is 14.5. The average Bonchev–Trinajstić information content (AvgIpc) is 2.45. The number of hydrogen-bond donors (Lipinski definition) is 1. The fourth-order valence-electron chi connectivity index (χ4n) is 2.59. The van der Waals surface area contributed by atoms with Gasteiger partial charge in [-0.15, -0.1) is 0 Å². The van der Waals surface area contributed by atoms with E-state index < -0.39 is 15.2 Å². The Balaban J connectivity index is 3.10. The first-order valence-corrected chi connectivity index (χ1v) is 9.59. The van der Waals surface area contributed by atoms with E-state index >= 15 is 0 Å². The molecule has 0 bridgehead atoms. The van der Waals surface area contributed by atoms with Gasteiger partial charge in [-0.1, -0.05) is 13.8 Å². The van der Waals surface area contributed by atoms with Gasteiger partial charge in [-0.05, 0) is 6.42 Å². The number of rotatable bonds is 7. The van der Waals surface area contributed by atoms with Gasteiger partial charge in [0.2, 0.25) is 0 Å². The van der Waals surface area contributed by atoms with Gasteiger partial charge in [-0.25, -0.2) is 8.42 Å². The minimum atomic E-state index is -3.10. The summed E-state index contributed by atoms with van der Waals surface area (Å²) in [6, 6.07) is 0. The van der Waals surface area contributed by atoms with E-state index in [1.165, 1.54) is 0 Å². The molecule has 5 nitrogen and oxygen atoms in total. The fraction of sp³-hybridized carbons (Fsp3) is 1.00. The van der Waals surface area contributed by atoms with E-state index in [0.29, 0.717) is 18.9 Å². The summed E-state index contributed by atoms with van der Waals surface area (Å²) >= 11 is 1.70. The first kappa shape index (κ1) is 17.2. The summed E-state index contributed by atoms with van der Waals surface area (Å²) in [5, 5.41) is -0.435. The number of methoxy groups -OCH3 is 1. The van der Waals surface area contributed by atoms with E-state index in [-0.39, 0.29) is 11.3 Å². The standard InChI is InChI=1S/C12H26N2O3S2/c1-4-12(9-13,10-17-3)14-6-7-18-8-11(14)19(15,16)5-2/h11H,4-10,13H2,1-3H3. The molecule has 2 unspecified atom stereocenters. The van der Waals surface area contributed by atoms with E-state index in [1.54, 1.807) is 25.8 Å². The molecule has 0 saturated carbocycles. The van der Waals surface area contributed by atoms with Gasteiger partial charge < -0.3 is 10.5 Å². The predicted octanol–water partition coefficient (Wildman–Crippen LogP) is 0.550. The van der Waals surface area contributed by atoms with Crippen molar-refractivity contribution in [3.8, 4) is 0 Å². The Kier molecular flexibility index (Phi) is 6.59. The molecule has 114 valence electrons. The van der Waals surface area contributed by atoms with E-state index in [0.717, 1.165) is 18.7 Å². The van der Waals surface area contributed by atoms with Gasteiger partial charge in [0.05, 0.1) is 12.1 Å². The Hall–Kier alpha value is 0.180. The molecule has 0 aromatic carbocycles. The summed E-state index contributed by atoms with van der Waals surface area (Å²) in [5.41, 5.74) is 5.59. The Morgan fingerprint density at radius 1 is 1.47 bits per heavy atom. The predicted molar refractivity (Wildman–Crippen MR) is 81.2 cm³/mol. The highest BCUT2D eigenvalue weighted by Crippen LogP contribution is 2.30. The normalized spacial score (nSPS) is 25.2. The molecule has 1 aliphatic rings. The number of nitrogens with two attached hydrogens (primary N) is 1. The van der Waals surface area contributed by atoms with Crippen molar-refractivity contribution in [1.29, 1.82) is 0 Å². The molecule has 1 saturated heterocycles. The minimum absolute atomic E-state index is 0.173. The van der Waals surface area contributed by atoms with E-state index in [9.17, 15) is 8.42 Å². The second kappa shape index (κ2) is 7.26. The van der Waals surface area contributed by atoms with Crippen LogP contribution in [-0.2, 0) is 14.6 Å². The Morgan fingerprint density at radius 2 is 2.16 bits per heavy atom. The third kappa shape index (κ3) is 3.64. The topological polar surface area (TPSA) is 72.6 Å². The molecule has 1 fully saturated rings. The molecule has 0 aromatic rings. The third-order valence-electron chi connectivity index (χ3n) is 3.96. The fourth-order valence-corrected chi connectivity index (χ4v) is 5.68. The zero-order valence-electron chi connectivity index (χ0n) is 12.1. The van der Waals surface area contributed by atoms with Crippen LogP contribution in [0.2, 0.25) is 0 Å². The molecule has 1 rings (SSSR count). The van der Waals surface area contributed by atoms with Gasteiger partial charge >= 0.3 is 0 Å². The maximum atomic E-state index is 12.3. The van der Waals surface area contributed by atoms with Gasteiger partial charge in [0.15, 0.2) is 9.84 Å².